The molecule has 1 heterocycles. The molecule has 5 nitrogen and oxygen atoms in total. The van der Waals surface area contributed by atoms with Gasteiger partial charge in [-0.05, 0) is 17.7 Å². The van der Waals surface area contributed by atoms with Crippen LogP contribution in [0.25, 0.3) is 0 Å². The number of nitriles is 1. The fraction of sp³-hybridized carbons (Fsp3) is 0.333. The third-order valence-electron chi connectivity index (χ3n) is 4.83. The molecule has 0 aliphatic carbocycles. The summed E-state index contributed by atoms with van der Waals surface area (Å²) in [5.41, 5.74) is 3.43. The highest BCUT2D eigenvalue weighted by Crippen LogP contribution is 2.27. The van der Waals surface area contributed by atoms with E-state index in [4.69, 9.17) is 10.00 Å². The summed E-state index contributed by atoms with van der Waals surface area (Å²) in [4.78, 5) is 16.0. The number of amides is 1. The topological polar surface area (TPSA) is 57.8 Å². The predicted octanol–water partition coefficient (Wildman–Crippen LogP) is 1.58. The molecule has 3 rings (SSSR count). The lowest BCUT2D eigenvalue weighted by Crippen LogP contribution is -3.13. The summed E-state index contributed by atoms with van der Waals surface area (Å²) in [6, 6.07) is 18.0. The van der Waals surface area contributed by atoms with Crippen molar-refractivity contribution in [1.29, 1.82) is 5.26 Å². The first kappa shape index (κ1) is 18.0. The minimum atomic E-state index is 0.0270. The van der Waals surface area contributed by atoms with Crippen LogP contribution in [0.2, 0.25) is 0 Å². The van der Waals surface area contributed by atoms with E-state index < -0.39 is 0 Å². The number of carbonyl (C=O) groups is 1. The Bertz CT molecular complexity index is 813. The highest BCUT2D eigenvalue weighted by Gasteiger charge is 2.26. The zero-order valence-electron chi connectivity index (χ0n) is 15.1. The largest absolute Gasteiger partial charge is 0.495 e. The van der Waals surface area contributed by atoms with Gasteiger partial charge in [-0.15, -0.1) is 0 Å². The van der Waals surface area contributed by atoms with Crippen LogP contribution in [0.4, 0.5) is 5.69 Å². The van der Waals surface area contributed by atoms with Crippen molar-refractivity contribution in [3.8, 4) is 11.8 Å². The van der Waals surface area contributed by atoms with Crippen molar-refractivity contribution in [3.63, 3.8) is 0 Å². The van der Waals surface area contributed by atoms with Gasteiger partial charge in [0.2, 0.25) is 0 Å². The third-order valence-corrected chi connectivity index (χ3v) is 4.83. The Morgan fingerprint density at radius 2 is 1.92 bits per heavy atom. The minimum absolute atomic E-state index is 0.0270. The maximum absolute atomic E-state index is 13.0. The molecule has 1 aliphatic heterocycles. The second-order valence-electron chi connectivity index (χ2n) is 6.50. The van der Waals surface area contributed by atoms with Crippen LogP contribution in [0.1, 0.15) is 17.5 Å². The van der Waals surface area contributed by atoms with E-state index in [9.17, 15) is 4.79 Å². The molecule has 1 N–H and O–H groups in total. The molecule has 0 fully saturated rings. The van der Waals surface area contributed by atoms with E-state index in [0.717, 1.165) is 25.2 Å². The summed E-state index contributed by atoms with van der Waals surface area (Å²) in [7, 11) is 1.60. The first-order valence-corrected chi connectivity index (χ1v) is 8.93. The molecule has 0 radical (unpaired) electrons. The maximum atomic E-state index is 13.0. The van der Waals surface area contributed by atoms with E-state index in [-0.39, 0.29) is 5.91 Å². The van der Waals surface area contributed by atoms with Gasteiger partial charge in [-0.25, -0.2) is 0 Å². The maximum Gasteiger partial charge on any atom is 0.282 e. The highest BCUT2D eigenvalue weighted by atomic mass is 16.5. The fourth-order valence-electron chi connectivity index (χ4n) is 3.50. The number of fused-ring (bicyclic) bond motifs is 1. The number of hydrogen-bond acceptors (Lipinski definition) is 3. The summed E-state index contributed by atoms with van der Waals surface area (Å²) in [6.45, 7) is 2.60. The van der Waals surface area contributed by atoms with E-state index in [2.05, 4.69) is 30.3 Å². The van der Waals surface area contributed by atoms with Crippen molar-refractivity contribution in [2.24, 2.45) is 0 Å². The van der Waals surface area contributed by atoms with Crippen molar-refractivity contribution < 1.29 is 14.4 Å². The van der Waals surface area contributed by atoms with Gasteiger partial charge < -0.3 is 14.5 Å². The second kappa shape index (κ2) is 8.50. The Morgan fingerprint density at radius 3 is 2.69 bits per heavy atom. The van der Waals surface area contributed by atoms with E-state index in [1.807, 2.05) is 24.3 Å². The normalized spacial score (nSPS) is 15.6. The Morgan fingerprint density at radius 1 is 1.19 bits per heavy atom. The van der Waals surface area contributed by atoms with Crippen LogP contribution in [-0.2, 0) is 17.8 Å². The van der Waals surface area contributed by atoms with Gasteiger partial charge in [-0.1, -0.05) is 36.4 Å². The van der Waals surface area contributed by atoms with Gasteiger partial charge >= 0.3 is 0 Å². The minimum Gasteiger partial charge on any atom is -0.495 e. The standard InChI is InChI=1S/C21H23N3O2/c1-26-20-10-5-4-9-19(20)24(13-6-12-22)21(25)16-23-14-11-17-7-2-3-8-18(17)15-23/h2-5,7-10H,6,11,13-16H2,1H3/p+1. The fourth-order valence-corrected chi connectivity index (χ4v) is 3.50. The number of nitrogens with one attached hydrogen (secondary N) is 1. The zero-order chi connectivity index (χ0) is 18.4. The van der Waals surface area contributed by atoms with Crippen molar-refractivity contribution in [2.75, 3.05) is 31.6 Å². The molecule has 5 heteroatoms. The molecule has 1 unspecified atom stereocenters. The van der Waals surface area contributed by atoms with Crippen LogP contribution in [0.15, 0.2) is 48.5 Å². The molecule has 134 valence electrons. The third kappa shape index (κ3) is 4.04. The van der Waals surface area contributed by atoms with Crippen LogP contribution in [0.3, 0.4) is 0 Å². The number of methoxy groups -OCH3 is 1. The quantitative estimate of drug-likeness (QED) is 0.861. The summed E-state index contributed by atoms with van der Waals surface area (Å²) in [5.74, 6) is 0.678. The number of rotatable bonds is 6. The van der Waals surface area contributed by atoms with Gasteiger partial charge in [0, 0.05) is 18.5 Å². The summed E-state index contributed by atoms with van der Waals surface area (Å²) >= 11 is 0. The summed E-state index contributed by atoms with van der Waals surface area (Å²) < 4.78 is 5.41. The van der Waals surface area contributed by atoms with E-state index >= 15 is 0 Å². The lowest BCUT2D eigenvalue weighted by atomic mass is 10.00. The lowest BCUT2D eigenvalue weighted by molar-refractivity contribution is -0.907. The molecule has 0 aromatic heterocycles. The molecule has 1 aliphatic rings. The molecule has 0 saturated carbocycles. The molecule has 0 spiro atoms. The van der Waals surface area contributed by atoms with Crippen LogP contribution < -0.4 is 14.5 Å². The second-order valence-corrected chi connectivity index (χ2v) is 6.50. The number of hydrogen-bond donors (Lipinski definition) is 1. The predicted molar refractivity (Wildman–Crippen MR) is 100 cm³/mol. The van der Waals surface area contributed by atoms with Gasteiger partial charge in [0.25, 0.3) is 5.91 Å². The molecular formula is C21H24N3O2+. The molecule has 0 bridgehead atoms. The molecule has 1 amide bonds. The van der Waals surface area contributed by atoms with Crippen molar-refractivity contribution in [3.05, 3.63) is 59.7 Å². The Kier molecular flexibility index (Phi) is 5.88. The van der Waals surface area contributed by atoms with Crippen LogP contribution in [0, 0.1) is 11.3 Å². The van der Waals surface area contributed by atoms with Gasteiger partial charge in [-0.2, -0.15) is 5.26 Å². The zero-order valence-corrected chi connectivity index (χ0v) is 15.1. The average molecular weight is 350 g/mol. The number of carbonyl (C=O) groups excluding carboxylic acids is 1. The van der Waals surface area contributed by atoms with Crippen LogP contribution in [0.5, 0.6) is 5.75 Å². The van der Waals surface area contributed by atoms with Crippen molar-refractivity contribution >= 4 is 11.6 Å². The molecule has 1 atom stereocenters. The van der Waals surface area contributed by atoms with E-state index in [0.29, 0.717) is 25.3 Å². The first-order valence-electron chi connectivity index (χ1n) is 8.93. The monoisotopic (exact) mass is 350 g/mol. The Balaban J connectivity index is 1.75. The van der Waals surface area contributed by atoms with Crippen LogP contribution >= 0.6 is 0 Å². The van der Waals surface area contributed by atoms with Gasteiger partial charge in [0.1, 0.15) is 12.3 Å². The van der Waals surface area contributed by atoms with Gasteiger partial charge in [-0.3, -0.25) is 4.79 Å². The Hall–Kier alpha value is -2.84. The summed E-state index contributed by atoms with van der Waals surface area (Å²) in [6.07, 6.45) is 1.29. The van der Waals surface area contributed by atoms with E-state index in [1.165, 1.54) is 16.0 Å². The summed E-state index contributed by atoms with van der Waals surface area (Å²) in [5, 5.41) is 8.98. The van der Waals surface area contributed by atoms with Crippen molar-refractivity contribution in [2.45, 2.75) is 19.4 Å². The van der Waals surface area contributed by atoms with Gasteiger partial charge in [0.15, 0.2) is 6.54 Å². The first-order chi connectivity index (χ1) is 12.7. The molecule has 0 saturated heterocycles. The molecule has 26 heavy (non-hydrogen) atoms. The molecular weight excluding hydrogens is 326 g/mol. The molecule has 2 aromatic carbocycles. The number of benzene rings is 2. The molecule has 2 aromatic rings. The number of nitrogens with zero attached hydrogens (tertiary/aromatic N) is 2. The van der Waals surface area contributed by atoms with Gasteiger partial charge in [0.05, 0.1) is 31.8 Å². The Labute approximate surface area is 154 Å². The number of anilines is 1. The lowest BCUT2D eigenvalue weighted by Gasteiger charge is -2.29. The van der Waals surface area contributed by atoms with E-state index in [1.54, 1.807) is 12.0 Å². The SMILES string of the molecule is COc1ccccc1N(CCC#N)C(=O)C[NH+]1CCc2ccccc2C1. The van der Waals surface area contributed by atoms with Crippen LogP contribution in [-0.4, -0.2) is 32.7 Å². The van der Waals surface area contributed by atoms with Crippen molar-refractivity contribution in [1.82, 2.24) is 0 Å². The average Bonchev–Trinajstić information content (AvgIpc) is 2.68. The highest BCUT2D eigenvalue weighted by molar-refractivity contribution is 5.95. The smallest absolute Gasteiger partial charge is 0.282 e. The number of ether oxygens (including phenoxy) is 1. The number of para-hydroxylation sites is 2. The number of quaternary nitrogens is 1.